The van der Waals surface area contributed by atoms with Crippen molar-refractivity contribution in [2.75, 3.05) is 11.1 Å². The van der Waals surface area contributed by atoms with E-state index in [1.165, 1.54) is 11.3 Å². The number of aliphatic imine (C=N–C) groups is 2. The predicted molar refractivity (Wildman–Crippen MR) is 136 cm³/mol. The molecule has 0 aromatic heterocycles. The van der Waals surface area contributed by atoms with Gasteiger partial charge in [-0.15, -0.1) is 24.8 Å². The molecular weight excluding hydrogens is 535 g/mol. The highest BCUT2D eigenvalue weighted by Gasteiger charge is 2.28. The molecule has 0 saturated carbocycles. The fourth-order valence-corrected chi connectivity index (χ4v) is 5.74. The van der Waals surface area contributed by atoms with E-state index >= 15 is 0 Å². The van der Waals surface area contributed by atoms with Crippen LogP contribution in [-0.4, -0.2) is 21.0 Å². The Labute approximate surface area is 203 Å². The molecule has 0 aliphatic carbocycles. The van der Waals surface area contributed by atoms with Crippen molar-refractivity contribution in [1.29, 1.82) is 0 Å². The zero-order valence-electron chi connectivity index (χ0n) is 14.9. The van der Waals surface area contributed by atoms with E-state index in [4.69, 9.17) is 16.6 Å². The minimum Gasteiger partial charge on any atom is -0.334 e. The molecule has 2 aromatic rings. The molecule has 3 heterocycles. The van der Waals surface area contributed by atoms with Crippen LogP contribution in [-0.2, 0) is 13.1 Å². The van der Waals surface area contributed by atoms with Gasteiger partial charge in [0.2, 0.25) is 0 Å². The predicted octanol–water partition coefficient (Wildman–Crippen LogP) is 7.05. The third-order valence-corrected chi connectivity index (χ3v) is 7.30. The summed E-state index contributed by atoms with van der Waals surface area (Å²) in [6.07, 6.45) is 0. The normalized spacial score (nSPS) is 16.1. The first-order chi connectivity index (χ1) is 13.2. The van der Waals surface area contributed by atoms with E-state index in [1.807, 2.05) is 24.3 Å². The summed E-state index contributed by atoms with van der Waals surface area (Å²) in [5, 5.41) is 8.38. The SMILES string of the molecule is Cl.Cl.Clc1ccc2c(c1)CN1C(CSC3=NCc4cccc(Br)c4N3)=CSC1=N2. The largest absolute Gasteiger partial charge is 0.334 e. The van der Waals surface area contributed by atoms with Gasteiger partial charge in [-0.05, 0) is 56.7 Å². The van der Waals surface area contributed by atoms with Crippen molar-refractivity contribution in [1.82, 2.24) is 4.90 Å². The third kappa shape index (κ3) is 4.60. The van der Waals surface area contributed by atoms with Gasteiger partial charge in [-0.1, -0.05) is 47.3 Å². The van der Waals surface area contributed by atoms with E-state index in [1.54, 1.807) is 23.5 Å². The molecule has 4 nitrogen and oxygen atoms in total. The van der Waals surface area contributed by atoms with Crippen LogP contribution in [0.3, 0.4) is 0 Å². The van der Waals surface area contributed by atoms with Gasteiger partial charge in [-0.25, -0.2) is 4.99 Å². The minimum atomic E-state index is 0. The van der Waals surface area contributed by atoms with Gasteiger partial charge in [-0.2, -0.15) is 0 Å². The summed E-state index contributed by atoms with van der Waals surface area (Å²) in [6.45, 7) is 1.52. The van der Waals surface area contributed by atoms with Crippen molar-refractivity contribution in [2.45, 2.75) is 13.1 Å². The Morgan fingerprint density at radius 1 is 1.21 bits per heavy atom. The summed E-state index contributed by atoms with van der Waals surface area (Å²) in [5.74, 6) is 0.841. The number of nitrogens with one attached hydrogen (secondary N) is 1. The molecule has 0 fully saturated rings. The molecule has 5 rings (SSSR count). The Morgan fingerprint density at radius 3 is 2.93 bits per heavy atom. The van der Waals surface area contributed by atoms with Gasteiger partial charge >= 0.3 is 0 Å². The Bertz CT molecular complexity index is 1040. The first-order valence-electron chi connectivity index (χ1n) is 8.39. The minimum absolute atomic E-state index is 0. The molecule has 2 aromatic carbocycles. The molecule has 0 spiro atoms. The van der Waals surface area contributed by atoms with Crippen molar-refractivity contribution in [3.63, 3.8) is 0 Å². The van der Waals surface area contributed by atoms with Gasteiger partial charge in [-0.3, -0.25) is 4.99 Å². The van der Waals surface area contributed by atoms with Crippen LogP contribution in [0.4, 0.5) is 11.4 Å². The molecule has 3 aliphatic rings. The summed E-state index contributed by atoms with van der Waals surface area (Å²) in [5.41, 5.74) is 5.75. The highest BCUT2D eigenvalue weighted by Crippen LogP contribution is 2.39. The van der Waals surface area contributed by atoms with Crippen molar-refractivity contribution in [3.05, 3.63) is 68.1 Å². The number of hydrogen-bond acceptors (Lipinski definition) is 6. The second-order valence-electron chi connectivity index (χ2n) is 6.29. The molecule has 10 heteroatoms. The van der Waals surface area contributed by atoms with Crippen molar-refractivity contribution < 1.29 is 0 Å². The average Bonchev–Trinajstić information content (AvgIpc) is 3.07. The molecule has 3 aliphatic heterocycles. The van der Waals surface area contributed by atoms with E-state index in [2.05, 4.69) is 48.7 Å². The van der Waals surface area contributed by atoms with Crippen LogP contribution in [0.5, 0.6) is 0 Å². The Hall–Kier alpha value is -0.830. The topological polar surface area (TPSA) is 40.0 Å². The molecule has 29 heavy (non-hydrogen) atoms. The number of fused-ring (bicyclic) bond motifs is 3. The summed E-state index contributed by atoms with van der Waals surface area (Å²) in [4.78, 5) is 11.7. The number of para-hydroxylation sites is 1. The van der Waals surface area contributed by atoms with Crippen LogP contribution in [0.2, 0.25) is 5.02 Å². The van der Waals surface area contributed by atoms with Crippen LogP contribution in [0, 0.1) is 0 Å². The number of rotatable bonds is 2. The molecule has 0 amide bonds. The lowest BCUT2D eigenvalue weighted by atomic mass is 10.1. The Morgan fingerprint density at radius 2 is 2.07 bits per heavy atom. The van der Waals surface area contributed by atoms with Crippen LogP contribution >= 0.6 is 75.9 Å². The van der Waals surface area contributed by atoms with Crippen LogP contribution in [0.15, 0.2) is 62.0 Å². The van der Waals surface area contributed by atoms with E-state index in [0.29, 0.717) is 6.54 Å². The van der Waals surface area contributed by atoms with Crippen LogP contribution < -0.4 is 5.32 Å². The molecule has 0 unspecified atom stereocenters. The van der Waals surface area contributed by atoms with E-state index in [0.717, 1.165) is 49.1 Å². The summed E-state index contributed by atoms with van der Waals surface area (Å²) >= 11 is 13.2. The monoisotopic (exact) mass is 548 g/mol. The lowest BCUT2D eigenvalue weighted by molar-refractivity contribution is 0.519. The maximum absolute atomic E-state index is 6.15. The Kier molecular flexibility index (Phi) is 7.51. The van der Waals surface area contributed by atoms with Gasteiger partial charge in [0.05, 0.1) is 24.5 Å². The molecule has 0 saturated heterocycles. The van der Waals surface area contributed by atoms with Gasteiger partial charge in [0.15, 0.2) is 10.3 Å². The fraction of sp³-hybridized carbons (Fsp3) is 0.158. The third-order valence-electron chi connectivity index (χ3n) is 4.55. The van der Waals surface area contributed by atoms with Crippen molar-refractivity contribution >= 4 is 97.6 Å². The highest BCUT2D eigenvalue weighted by atomic mass is 79.9. The van der Waals surface area contributed by atoms with Crippen LogP contribution in [0.25, 0.3) is 0 Å². The quantitative estimate of drug-likeness (QED) is 0.435. The molecule has 1 N–H and O–H groups in total. The first kappa shape index (κ1) is 22.8. The molecule has 0 radical (unpaired) electrons. The smallest absolute Gasteiger partial charge is 0.173 e. The number of thioether (sulfide) groups is 2. The number of hydrogen-bond donors (Lipinski definition) is 1. The molecule has 0 atom stereocenters. The number of amidine groups is 2. The lowest BCUT2D eigenvalue weighted by Crippen LogP contribution is -2.28. The summed E-state index contributed by atoms with van der Waals surface area (Å²) in [7, 11) is 0. The molecule has 152 valence electrons. The number of halogens is 4. The summed E-state index contributed by atoms with van der Waals surface area (Å²) in [6, 6.07) is 12.1. The fourth-order valence-electron chi connectivity index (χ4n) is 3.17. The van der Waals surface area contributed by atoms with Crippen LogP contribution in [0.1, 0.15) is 11.1 Å². The molecular formula is C19H16BrCl3N4S2. The molecule has 0 bridgehead atoms. The first-order valence-corrected chi connectivity index (χ1v) is 11.4. The number of nitrogens with zero attached hydrogens (tertiary/aromatic N) is 3. The van der Waals surface area contributed by atoms with Gasteiger partial charge < -0.3 is 10.2 Å². The standard InChI is InChI=1S/C19H14BrClN4S2.2ClH/c20-15-3-1-2-11-7-22-18(24-17(11)15)26-9-14-10-27-19-23-16-5-4-13(21)6-12(16)8-25(14)19;;/h1-6,10H,7-9H2,(H,22,24);2*1H. The zero-order chi connectivity index (χ0) is 18.4. The lowest BCUT2D eigenvalue weighted by Gasteiger charge is -2.27. The maximum Gasteiger partial charge on any atom is 0.173 e. The van der Waals surface area contributed by atoms with E-state index < -0.39 is 0 Å². The second kappa shape index (κ2) is 9.54. The van der Waals surface area contributed by atoms with Gasteiger partial charge in [0.1, 0.15) is 0 Å². The number of benzene rings is 2. The van der Waals surface area contributed by atoms with Crippen molar-refractivity contribution in [3.8, 4) is 0 Å². The maximum atomic E-state index is 6.15. The average molecular weight is 551 g/mol. The number of anilines is 1. The Balaban J connectivity index is 0.00000120. The van der Waals surface area contributed by atoms with E-state index in [9.17, 15) is 0 Å². The second-order valence-corrected chi connectivity index (χ2v) is 9.38. The van der Waals surface area contributed by atoms with Gasteiger partial charge in [0.25, 0.3) is 0 Å². The highest BCUT2D eigenvalue weighted by molar-refractivity contribution is 9.10. The van der Waals surface area contributed by atoms with E-state index in [-0.39, 0.29) is 24.8 Å². The van der Waals surface area contributed by atoms with Crippen molar-refractivity contribution in [2.24, 2.45) is 9.98 Å². The zero-order valence-corrected chi connectivity index (χ0v) is 20.5. The van der Waals surface area contributed by atoms with Gasteiger partial charge in [0, 0.05) is 20.9 Å². The summed E-state index contributed by atoms with van der Waals surface area (Å²) < 4.78 is 1.07.